The second kappa shape index (κ2) is 17.9. The number of unbranched alkanes of at least 4 members (excludes halogenated alkanes) is 2. The molecule has 4 N–H and O–H groups in total. The van der Waals surface area contributed by atoms with Crippen LogP contribution >= 0.6 is 0 Å². The summed E-state index contributed by atoms with van der Waals surface area (Å²) in [5, 5.41) is 9.05. The van der Waals surface area contributed by atoms with Crippen LogP contribution in [0.4, 0.5) is 17.1 Å². The van der Waals surface area contributed by atoms with Crippen molar-refractivity contribution in [2.24, 2.45) is 0 Å². The molecule has 0 aromatic heterocycles. The Labute approximate surface area is 342 Å². The van der Waals surface area contributed by atoms with Gasteiger partial charge in [-0.15, -0.1) is 0 Å². The number of nitrogens with one attached hydrogen (secondary N) is 1. The second-order valence-corrected chi connectivity index (χ2v) is 19.5. The summed E-state index contributed by atoms with van der Waals surface area (Å²) in [4.78, 5) is 13.4. The van der Waals surface area contributed by atoms with E-state index in [4.69, 9.17) is 5.11 Å². The topological polar surface area (TPSA) is 214 Å². The van der Waals surface area contributed by atoms with Gasteiger partial charge in [0.05, 0.1) is 45.4 Å². The Morgan fingerprint density at radius 1 is 0.776 bits per heavy atom. The lowest BCUT2D eigenvalue weighted by Gasteiger charge is -2.27. The molecule has 0 saturated heterocycles. The first-order valence-corrected chi connectivity index (χ1v) is 23.4. The zero-order valence-corrected chi connectivity index (χ0v) is 36.3. The molecule has 0 spiro atoms. The number of aliphatic carboxylic acids is 1. The van der Waals surface area contributed by atoms with E-state index in [1.165, 1.54) is 68.2 Å². The van der Waals surface area contributed by atoms with E-state index in [1.807, 2.05) is 38.3 Å². The second-order valence-electron chi connectivity index (χ2n) is 15.3. The summed E-state index contributed by atoms with van der Waals surface area (Å²) in [5.74, 6) is -0.884. The number of fused-ring (bicyclic) bond motifs is 2. The van der Waals surface area contributed by atoms with Crippen LogP contribution in [0.1, 0.15) is 85.3 Å². The number of hydrogen-bond acceptors (Lipinski definition) is 9. The summed E-state index contributed by atoms with van der Waals surface area (Å²) < 4.78 is 106. The van der Waals surface area contributed by atoms with E-state index in [9.17, 15) is 43.7 Å². The molecule has 2 aliphatic rings. The molecule has 5 rings (SSSR count). The molecule has 0 amide bonds. The summed E-state index contributed by atoms with van der Waals surface area (Å²) in [7, 11) is -13.9. The SMILES string of the molecule is CC1(C)C(/C=C/C=C2/N(c3cccc(S(=O)(=O)O)c3)c3ccc(S(=O)(=O)[O-])cc3C2(C)C)=[N+](CCCCCC(=O)O)c2ccc(S(=O)(=O)O)cc21.CC[NH+](CC)CC. The number of hydrogen-bond donors (Lipinski definition) is 4. The van der Waals surface area contributed by atoms with Gasteiger partial charge in [0.15, 0.2) is 5.71 Å². The first-order chi connectivity index (χ1) is 26.9. The van der Waals surface area contributed by atoms with Gasteiger partial charge in [-0.25, -0.2) is 8.42 Å². The van der Waals surface area contributed by atoms with Gasteiger partial charge in [0.25, 0.3) is 20.2 Å². The van der Waals surface area contributed by atoms with Crippen LogP contribution < -0.4 is 9.80 Å². The molecule has 3 aromatic carbocycles. The van der Waals surface area contributed by atoms with E-state index < -0.39 is 52.0 Å². The zero-order chi connectivity index (χ0) is 43.4. The molecule has 0 saturated carbocycles. The molecular weight excluding hydrogens is 807 g/mol. The van der Waals surface area contributed by atoms with Crippen LogP contribution in [0.3, 0.4) is 0 Å². The maximum absolute atomic E-state index is 12.1. The highest BCUT2D eigenvalue weighted by molar-refractivity contribution is 7.86. The summed E-state index contributed by atoms with van der Waals surface area (Å²) in [5.41, 5.74) is 2.34. The number of anilines is 2. The predicted octanol–water partition coefficient (Wildman–Crippen LogP) is 5.61. The molecule has 0 bridgehead atoms. The molecule has 2 heterocycles. The van der Waals surface area contributed by atoms with Crippen LogP contribution in [0.15, 0.2) is 99.3 Å². The van der Waals surface area contributed by atoms with Crippen molar-refractivity contribution >= 4 is 59.1 Å². The van der Waals surface area contributed by atoms with Gasteiger partial charge in [-0.1, -0.05) is 26.0 Å². The number of nitrogens with zero attached hydrogens (tertiary/aromatic N) is 2. The number of quaternary nitrogens is 1. The lowest BCUT2D eigenvalue weighted by atomic mass is 9.81. The number of carbonyl (C=O) groups is 1. The molecule has 3 aromatic rings. The van der Waals surface area contributed by atoms with Crippen molar-refractivity contribution in [2.45, 2.75) is 99.7 Å². The Morgan fingerprint density at radius 3 is 1.91 bits per heavy atom. The highest BCUT2D eigenvalue weighted by Crippen LogP contribution is 2.52. The van der Waals surface area contributed by atoms with Crippen molar-refractivity contribution in [3.63, 3.8) is 0 Å². The van der Waals surface area contributed by atoms with Gasteiger partial charge in [-0.05, 0) is 108 Å². The van der Waals surface area contributed by atoms with Crippen LogP contribution in [0.5, 0.6) is 0 Å². The van der Waals surface area contributed by atoms with E-state index >= 15 is 0 Å². The third kappa shape index (κ3) is 10.3. The minimum atomic E-state index is -4.81. The molecular formula is C41H54N3O11S3+. The van der Waals surface area contributed by atoms with Gasteiger partial charge in [0.1, 0.15) is 16.7 Å². The molecule has 0 aliphatic carbocycles. The van der Waals surface area contributed by atoms with Gasteiger partial charge in [-0.2, -0.15) is 21.4 Å². The Kier molecular flexibility index (Phi) is 14.4. The van der Waals surface area contributed by atoms with E-state index in [0.717, 1.165) is 11.4 Å². The Balaban J connectivity index is 0.000000973. The summed E-state index contributed by atoms with van der Waals surface area (Å²) in [6, 6.07) is 13.9. The minimum absolute atomic E-state index is 0.0356. The van der Waals surface area contributed by atoms with Crippen LogP contribution in [0.2, 0.25) is 0 Å². The maximum atomic E-state index is 12.1. The van der Waals surface area contributed by atoms with Crippen LogP contribution in [-0.2, 0) is 46.0 Å². The van der Waals surface area contributed by atoms with Crippen LogP contribution in [0, 0.1) is 0 Å². The Morgan fingerprint density at radius 2 is 1.36 bits per heavy atom. The molecule has 0 fully saturated rings. The number of benzene rings is 3. The molecule has 17 heteroatoms. The number of carboxylic acid groups (broad SMARTS) is 1. The average molecular weight is 861 g/mol. The molecule has 2 aliphatic heterocycles. The third-order valence-corrected chi connectivity index (χ3v) is 13.4. The number of carboxylic acids is 1. The Hall–Kier alpha value is -4.23. The lowest BCUT2D eigenvalue weighted by Crippen LogP contribution is -3.11. The van der Waals surface area contributed by atoms with Gasteiger partial charge in [0, 0.05) is 47.3 Å². The molecule has 316 valence electrons. The fourth-order valence-electron chi connectivity index (χ4n) is 7.52. The minimum Gasteiger partial charge on any atom is -0.744 e. The zero-order valence-electron chi connectivity index (χ0n) is 33.9. The van der Waals surface area contributed by atoms with Crippen molar-refractivity contribution < 1.29 is 58.3 Å². The fraction of sp³-hybridized carbons (Fsp3) is 0.415. The van der Waals surface area contributed by atoms with Crippen molar-refractivity contribution in [1.29, 1.82) is 0 Å². The van der Waals surface area contributed by atoms with E-state index in [-0.39, 0.29) is 16.2 Å². The average Bonchev–Trinajstić information content (AvgIpc) is 3.49. The number of rotatable bonds is 15. The van der Waals surface area contributed by atoms with Crippen molar-refractivity contribution in [1.82, 2.24) is 0 Å². The van der Waals surface area contributed by atoms with Gasteiger partial charge in [0.2, 0.25) is 5.69 Å². The molecule has 0 atom stereocenters. The monoisotopic (exact) mass is 860 g/mol. The first-order valence-electron chi connectivity index (χ1n) is 19.1. The fourth-order valence-corrected chi connectivity index (χ4v) is 9.04. The Bertz CT molecular complexity index is 2460. The first kappa shape index (κ1) is 46.5. The quantitative estimate of drug-likeness (QED) is 0.0835. The van der Waals surface area contributed by atoms with Crippen molar-refractivity contribution in [2.75, 3.05) is 31.1 Å². The van der Waals surface area contributed by atoms with E-state index in [2.05, 4.69) is 20.8 Å². The molecule has 58 heavy (non-hydrogen) atoms. The third-order valence-electron chi connectivity index (χ3n) is 10.9. The van der Waals surface area contributed by atoms with Crippen LogP contribution in [-0.4, -0.2) is 86.5 Å². The highest BCUT2D eigenvalue weighted by Gasteiger charge is 2.45. The van der Waals surface area contributed by atoms with Gasteiger partial charge in [-0.3, -0.25) is 13.9 Å². The van der Waals surface area contributed by atoms with Gasteiger partial charge >= 0.3 is 5.97 Å². The molecule has 0 unspecified atom stereocenters. The van der Waals surface area contributed by atoms with Crippen LogP contribution in [0.25, 0.3) is 0 Å². The summed E-state index contributed by atoms with van der Waals surface area (Å²) in [6.45, 7) is 18.4. The number of allylic oxidation sites excluding steroid dienone is 4. The largest absolute Gasteiger partial charge is 0.744 e. The lowest BCUT2D eigenvalue weighted by molar-refractivity contribution is -0.894. The smallest absolute Gasteiger partial charge is 0.303 e. The normalized spacial score (nSPS) is 16.8. The highest BCUT2D eigenvalue weighted by atomic mass is 32.2. The van der Waals surface area contributed by atoms with Crippen molar-refractivity contribution in [3.05, 3.63) is 95.7 Å². The molecule has 0 radical (unpaired) electrons. The summed E-state index contributed by atoms with van der Waals surface area (Å²) in [6.07, 6.45) is 7.16. The van der Waals surface area contributed by atoms with E-state index in [0.29, 0.717) is 54.0 Å². The molecule has 14 nitrogen and oxygen atoms in total. The predicted molar refractivity (Wildman–Crippen MR) is 221 cm³/mol. The van der Waals surface area contributed by atoms with Crippen molar-refractivity contribution in [3.8, 4) is 0 Å². The van der Waals surface area contributed by atoms with Gasteiger partial charge < -0.3 is 19.5 Å². The maximum Gasteiger partial charge on any atom is 0.303 e. The summed E-state index contributed by atoms with van der Waals surface area (Å²) >= 11 is 0. The van der Waals surface area contributed by atoms with E-state index in [1.54, 1.807) is 34.1 Å². The standard InChI is InChI=1S/C35H38N2O11S3.C6H15N/c1-34(2)27-21-25(50(43,44)45)15-17-29(27)36(19-7-5-6-14-33(38)39)31(34)12-9-13-32-35(3,4)28-22-26(51(46,47)48)16-18-30(28)37(32)23-10-8-11-24(20-23)49(40,41)42;1-4-7(5-2)6-3/h8-13,15-18,20-22H,5-7,14,19H2,1-4H3,(H3-,38,39,40,41,42,43,44,45,46,47,48);4-6H2,1-3H3/p+1.